The fraction of sp³-hybridized carbons (Fsp3) is 0.375. The summed E-state index contributed by atoms with van der Waals surface area (Å²) in [4.78, 5) is 13.6. The number of carbonyl (C=O) groups excluding carboxylic acids is 1. The highest BCUT2D eigenvalue weighted by atomic mass is 32.2. The number of ether oxygens (including phenoxy) is 3. The Morgan fingerprint density at radius 1 is 0.939 bits per heavy atom. The molecule has 0 aliphatic heterocycles. The van der Waals surface area contributed by atoms with Gasteiger partial charge in [-0.15, -0.1) is 16.9 Å². The predicted octanol–water partition coefficient (Wildman–Crippen LogP) is 5.23. The molecule has 3 aromatic rings. The standard InChI is InChI=1S/C24H29N3O5S/c1-5-29-19-14-17(15-20(30-6-2)22(19)31-7-3)23-26-27-24(32-23)25-21(28)13-16-9-11-18(12-10-16)33-8-4/h9-12,14-15H,5-8,13H2,1-4H3,(H,25,27,28). The monoisotopic (exact) mass is 471 g/mol. The molecular weight excluding hydrogens is 442 g/mol. The van der Waals surface area contributed by atoms with Crippen molar-refractivity contribution < 1.29 is 23.4 Å². The van der Waals surface area contributed by atoms with Gasteiger partial charge in [0.05, 0.1) is 26.2 Å². The molecule has 0 aliphatic carbocycles. The molecule has 0 unspecified atom stereocenters. The first-order valence-electron chi connectivity index (χ1n) is 11.0. The normalized spacial score (nSPS) is 10.7. The Morgan fingerprint density at radius 2 is 1.58 bits per heavy atom. The molecule has 1 heterocycles. The van der Waals surface area contributed by atoms with Crippen molar-refractivity contribution in [2.24, 2.45) is 0 Å². The van der Waals surface area contributed by atoms with E-state index >= 15 is 0 Å². The molecule has 8 nitrogen and oxygen atoms in total. The van der Waals surface area contributed by atoms with Crippen molar-refractivity contribution in [1.29, 1.82) is 0 Å². The quantitative estimate of drug-likeness (QED) is 0.359. The van der Waals surface area contributed by atoms with E-state index in [1.165, 1.54) is 4.90 Å². The summed E-state index contributed by atoms with van der Waals surface area (Å²) in [6, 6.07) is 11.5. The van der Waals surface area contributed by atoms with Crippen molar-refractivity contribution >= 4 is 23.7 Å². The Balaban J connectivity index is 1.75. The molecular formula is C24H29N3O5S. The van der Waals surface area contributed by atoms with Gasteiger partial charge in [-0.2, -0.15) is 0 Å². The summed E-state index contributed by atoms with van der Waals surface area (Å²) >= 11 is 1.76. The molecule has 3 rings (SSSR count). The largest absolute Gasteiger partial charge is 0.490 e. The molecule has 0 saturated heterocycles. The Labute approximate surface area is 198 Å². The number of nitrogens with one attached hydrogen (secondary N) is 1. The van der Waals surface area contributed by atoms with Gasteiger partial charge in [-0.1, -0.05) is 24.2 Å². The molecule has 2 aromatic carbocycles. The molecule has 0 bridgehead atoms. The van der Waals surface area contributed by atoms with Crippen molar-refractivity contribution in [2.45, 2.75) is 39.0 Å². The minimum atomic E-state index is -0.238. The van der Waals surface area contributed by atoms with Gasteiger partial charge >= 0.3 is 6.01 Å². The van der Waals surface area contributed by atoms with E-state index in [9.17, 15) is 4.79 Å². The lowest BCUT2D eigenvalue weighted by molar-refractivity contribution is -0.115. The van der Waals surface area contributed by atoms with E-state index in [2.05, 4.69) is 22.4 Å². The Kier molecular flexibility index (Phi) is 9.00. The SMILES string of the molecule is CCOc1cc(-c2nnc(NC(=O)Cc3ccc(SCC)cc3)o2)cc(OCC)c1OCC. The number of hydrogen-bond donors (Lipinski definition) is 1. The lowest BCUT2D eigenvalue weighted by Gasteiger charge is -2.16. The maximum atomic E-state index is 12.4. The summed E-state index contributed by atoms with van der Waals surface area (Å²) < 4.78 is 22.9. The third-order valence-corrected chi connectivity index (χ3v) is 5.32. The van der Waals surface area contributed by atoms with Crippen LogP contribution in [-0.2, 0) is 11.2 Å². The highest BCUT2D eigenvalue weighted by Gasteiger charge is 2.19. The lowest BCUT2D eigenvalue weighted by atomic mass is 10.1. The van der Waals surface area contributed by atoms with Crippen LogP contribution in [0.15, 0.2) is 45.7 Å². The Morgan fingerprint density at radius 3 is 2.15 bits per heavy atom. The van der Waals surface area contributed by atoms with Crippen LogP contribution in [0.1, 0.15) is 33.3 Å². The van der Waals surface area contributed by atoms with Crippen LogP contribution < -0.4 is 19.5 Å². The van der Waals surface area contributed by atoms with Crippen molar-refractivity contribution in [1.82, 2.24) is 10.2 Å². The van der Waals surface area contributed by atoms with Crippen molar-refractivity contribution in [2.75, 3.05) is 30.9 Å². The minimum absolute atomic E-state index is 0.0259. The second-order valence-electron chi connectivity index (χ2n) is 6.81. The second kappa shape index (κ2) is 12.2. The molecule has 0 saturated carbocycles. The predicted molar refractivity (Wildman–Crippen MR) is 128 cm³/mol. The van der Waals surface area contributed by atoms with Gasteiger partial charge in [0.25, 0.3) is 0 Å². The van der Waals surface area contributed by atoms with Gasteiger partial charge in [-0.05, 0) is 56.4 Å². The molecule has 0 fully saturated rings. The maximum Gasteiger partial charge on any atom is 0.322 e. The van der Waals surface area contributed by atoms with Crippen molar-refractivity contribution in [3.05, 3.63) is 42.0 Å². The number of hydrogen-bond acceptors (Lipinski definition) is 8. The van der Waals surface area contributed by atoms with Crippen LogP contribution in [0.4, 0.5) is 6.01 Å². The highest BCUT2D eigenvalue weighted by Crippen LogP contribution is 2.41. The number of aromatic nitrogens is 2. The summed E-state index contributed by atoms with van der Waals surface area (Å²) in [6.45, 7) is 9.16. The van der Waals surface area contributed by atoms with E-state index in [4.69, 9.17) is 18.6 Å². The second-order valence-corrected chi connectivity index (χ2v) is 8.15. The maximum absolute atomic E-state index is 12.4. The summed E-state index contributed by atoms with van der Waals surface area (Å²) in [5.41, 5.74) is 1.50. The van der Waals surface area contributed by atoms with Gasteiger partial charge < -0.3 is 18.6 Å². The van der Waals surface area contributed by atoms with Crippen molar-refractivity contribution in [3.63, 3.8) is 0 Å². The van der Waals surface area contributed by atoms with Crippen LogP contribution in [0.3, 0.4) is 0 Å². The zero-order valence-electron chi connectivity index (χ0n) is 19.3. The zero-order chi connectivity index (χ0) is 23.6. The molecule has 176 valence electrons. The molecule has 0 atom stereocenters. The van der Waals surface area contributed by atoms with Gasteiger partial charge in [0.2, 0.25) is 17.5 Å². The van der Waals surface area contributed by atoms with Crippen molar-refractivity contribution in [3.8, 4) is 28.7 Å². The Hall–Kier alpha value is -3.20. The fourth-order valence-corrected chi connectivity index (χ4v) is 3.78. The van der Waals surface area contributed by atoms with E-state index in [1.54, 1.807) is 23.9 Å². The smallest absolute Gasteiger partial charge is 0.322 e. The van der Waals surface area contributed by atoms with Gasteiger partial charge in [0, 0.05) is 10.5 Å². The zero-order valence-corrected chi connectivity index (χ0v) is 20.2. The number of amides is 1. The van der Waals surface area contributed by atoms with E-state index in [0.717, 1.165) is 11.3 Å². The minimum Gasteiger partial charge on any atom is -0.490 e. The van der Waals surface area contributed by atoms with Gasteiger partial charge in [-0.3, -0.25) is 10.1 Å². The number of thioether (sulfide) groups is 1. The lowest BCUT2D eigenvalue weighted by Crippen LogP contribution is -2.14. The van der Waals surface area contributed by atoms with Crippen LogP contribution in [-0.4, -0.2) is 41.7 Å². The number of carbonyl (C=O) groups is 1. The third-order valence-electron chi connectivity index (χ3n) is 4.43. The number of anilines is 1. The molecule has 1 aromatic heterocycles. The summed E-state index contributed by atoms with van der Waals surface area (Å²) in [7, 11) is 0. The van der Waals surface area contributed by atoms with Crippen LogP contribution >= 0.6 is 11.8 Å². The van der Waals surface area contributed by atoms with E-state index in [1.807, 2.05) is 45.0 Å². The Bertz CT molecular complexity index is 1030. The van der Waals surface area contributed by atoms with Crippen LogP contribution in [0.2, 0.25) is 0 Å². The van der Waals surface area contributed by atoms with E-state index in [-0.39, 0.29) is 24.2 Å². The molecule has 1 N–H and O–H groups in total. The summed E-state index contributed by atoms with van der Waals surface area (Å²) in [5.74, 6) is 2.57. The van der Waals surface area contributed by atoms with Gasteiger partial charge in [-0.25, -0.2) is 0 Å². The third kappa shape index (κ3) is 6.64. The summed E-state index contributed by atoms with van der Waals surface area (Å²) in [6.07, 6.45) is 0.209. The first-order chi connectivity index (χ1) is 16.1. The molecule has 0 radical (unpaired) electrons. The average molecular weight is 472 g/mol. The molecule has 0 aliphatic rings. The average Bonchev–Trinajstić information content (AvgIpc) is 3.26. The van der Waals surface area contributed by atoms with Crippen LogP contribution in [0.5, 0.6) is 17.2 Å². The van der Waals surface area contributed by atoms with Gasteiger partial charge in [0.15, 0.2) is 11.5 Å². The number of benzene rings is 2. The highest BCUT2D eigenvalue weighted by molar-refractivity contribution is 7.99. The summed E-state index contributed by atoms with van der Waals surface area (Å²) in [5, 5.41) is 10.7. The topological polar surface area (TPSA) is 95.7 Å². The first-order valence-corrected chi connectivity index (χ1v) is 12.0. The first kappa shape index (κ1) is 24.4. The molecule has 0 spiro atoms. The van der Waals surface area contributed by atoms with E-state index in [0.29, 0.717) is 42.6 Å². The fourth-order valence-electron chi connectivity index (χ4n) is 3.12. The van der Waals surface area contributed by atoms with E-state index < -0.39 is 0 Å². The number of rotatable bonds is 12. The van der Waals surface area contributed by atoms with Gasteiger partial charge in [0.1, 0.15) is 0 Å². The molecule has 9 heteroatoms. The molecule has 1 amide bonds. The van der Waals surface area contributed by atoms with Crippen LogP contribution in [0.25, 0.3) is 11.5 Å². The van der Waals surface area contributed by atoms with Crippen LogP contribution in [0, 0.1) is 0 Å². The number of nitrogens with zero attached hydrogens (tertiary/aromatic N) is 2. The molecule has 33 heavy (non-hydrogen) atoms.